The summed E-state index contributed by atoms with van der Waals surface area (Å²) in [6.07, 6.45) is 2.69. The molecule has 0 N–H and O–H groups in total. The third-order valence-electron chi connectivity index (χ3n) is 2.99. The van der Waals surface area contributed by atoms with Crippen LogP contribution in [-0.2, 0) is 15.9 Å². The molecule has 1 rings (SSSR count). The average molecular weight is 387 g/mol. The molecule has 0 bridgehead atoms. The van der Waals surface area contributed by atoms with E-state index in [0.29, 0.717) is 11.0 Å². The summed E-state index contributed by atoms with van der Waals surface area (Å²) in [5.74, 6) is -0.849. The predicted molar refractivity (Wildman–Crippen MR) is 83.0 cm³/mol. The molecule has 20 heavy (non-hydrogen) atoms. The van der Waals surface area contributed by atoms with Crippen LogP contribution < -0.4 is 0 Å². The lowest BCUT2D eigenvalue weighted by molar-refractivity contribution is 0.448. The molecule has 1 aromatic rings. The molecule has 0 aliphatic carbocycles. The Balaban J connectivity index is 3.12. The molecule has 0 aromatic heterocycles. The quantitative estimate of drug-likeness (QED) is 0.522. The van der Waals surface area contributed by atoms with Gasteiger partial charge in [0, 0.05) is 23.6 Å². The maximum absolute atomic E-state index is 14.2. The van der Waals surface area contributed by atoms with Crippen LogP contribution in [-0.4, -0.2) is 26.3 Å². The molecule has 1 aromatic carbocycles. The molecular formula is C13H18BrClFNO2S. The minimum atomic E-state index is -3.84. The Kier molecular flexibility index (Phi) is 6.91. The second-order valence-electron chi connectivity index (χ2n) is 4.54. The van der Waals surface area contributed by atoms with E-state index in [1.54, 1.807) is 0 Å². The van der Waals surface area contributed by atoms with Gasteiger partial charge in [-0.05, 0) is 18.6 Å². The zero-order valence-electron chi connectivity index (χ0n) is 11.5. The van der Waals surface area contributed by atoms with Gasteiger partial charge in [-0.3, -0.25) is 0 Å². The lowest BCUT2D eigenvalue weighted by atomic mass is 10.2. The standard InChI is InChI=1S/C13H18BrClFNO2S/c1-3-4-5-6-17(2)20(18,19)12-8-11(14)7-10(9-15)13(12)16/h7-8H,3-6,9H2,1-2H3. The molecule has 0 saturated carbocycles. The van der Waals surface area contributed by atoms with Crippen molar-refractivity contribution in [2.75, 3.05) is 13.6 Å². The molecule has 114 valence electrons. The van der Waals surface area contributed by atoms with Crippen LogP contribution in [0.5, 0.6) is 0 Å². The molecule has 0 aliphatic heterocycles. The first-order valence-electron chi connectivity index (χ1n) is 6.34. The molecule has 0 atom stereocenters. The van der Waals surface area contributed by atoms with Crippen LogP contribution in [0.4, 0.5) is 4.39 Å². The molecular weight excluding hydrogens is 369 g/mol. The molecule has 0 spiro atoms. The van der Waals surface area contributed by atoms with E-state index in [1.165, 1.54) is 23.5 Å². The van der Waals surface area contributed by atoms with Crippen LogP contribution >= 0.6 is 27.5 Å². The van der Waals surface area contributed by atoms with Gasteiger partial charge >= 0.3 is 0 Å². The molecule has 0 unspecified atom stereocenters. The summed E-state index contributed by atoms with van der Waals surface area (Å²) in [6, 6.07) is 2.76. The fourth-order valence-corrected chi connectivity index (χ4v) is 3.97. The Hall–Kier alpha value is -0.170. The lowest BCUT2D eigenvalue weighted by Crippen LogP contribution is -2.29. The van der Waals surface area contributed by atoms with Gasteiger partial charge in [0.15, 0.2) is 0 Å². The number of halogens is 3. The van der Waals surface area contributed by atoms with Gasteiger partial charge < -0.3 is 0 Å². The third kappa shape index (κ3) is 4.16. The van der Waals surface area contributed by atoms with E-state index in [-0.39, 0.29) is 16.3 Å². The molecule has 0 amide bonds. The molecule has 3 nitrogen and oxygen atoms in total. The average Bonchev–Trinajstić information content (AvgIpc) is 2.40. The monoisotopic (exact) mass is 385 g/mol. The fraction of sp³-hybridized carbons (Fsp3) is 0.538. The lowest BCUT2D eigenvalue weighted by Gasteiger charge is -2.18. The highest BCUT2D eigenvalue weighted by Crippen LogP contribution is 2.27. The first-order chi connectivity index (χ1) is 9.34. The summed E-state index contributed by atoms with van der Waals surface area (Å²) in [5.41, 5.74) is 0.168. The summed E-state index contributed by atoms with van der Waals surface area (Å²) < 4.78 is 40.6. The maximum Gasteiger partial charge on any atom is 0.245 e. The van der Waals surface area contributed by atoms with Crippen LogP contribution in [0.1, 0.15) is 31.7 Å². The summed E-state index contributed by atoms with van der Waals surface area (Å²) in [4.78, 5) is -0.332. The number of hydrogen-bond donors (Lipinski definition) is 0. The maximum atomic E-state index is 14.2. The first-order valence-corrected chi connectivity index (χ1v) is 9.11. The number of alkyl halides is 1. The van der Waals surface area contributed by atoms with Gasteiger partial charge in [0.2, 0.25) is 10.0 Å². The van der Waals surface area contributed by atoms with E-state index in [2.05, 4.69) is 15.9 Å². The van der Waals surface area contributed by atoms with Crippen molar-refractivity contribution in [1.29, 1.82) is 0 Å². The Bertz CT molecular complexity index is 566. The van der Waals surface area contributed by atoms with E-state index < -0.39 is 15.8 Å². The Morgan fingerprint density at radius 2 is 2.00 bits per heavy atom. The van der Waals surface area contributed by atoms with Gasteiger partial charge in [-0.1, -0.05) is 35.7 Å². The van der Waals surface area contributed by atoms with Crippen molar-refractivity contribution in [3.8, 4) is 0 Å². The topological polar surface area (TPSA) is 37.4 Å². The first kappa shape index (κ1) is 17.9. The Morgan fingerprint density at radius 1 is 1.35 bits per heavy atom. The van der Waals surface area contributed by atoms with Gasteiger partial charge in [0.1, 0.15) is 10.7 Å². The second kappa shape index (κ2) is 7.73. The SMILES string of the molecule is CCCCCN(C)S(=O)(=O)c1cc(Br)cc(CCl)c1F. The normalized spacial score (nSPS) is 12.1. The zero-order valence-corrected chi connectivity index (χ0v) is 14.7. The highest BCUT2D eigenvalue weighted by molar-refractivity contribution is 9.10. The van der Waals surface area contributed by atoms with Crippen molar-refractivity contribution < 1.29 is 12.8 Å². The zero-order chi connectivity index (χ0) is 15.3. The molecule has 0 fully saturated rings. The predicted octanol–water partition coefficient (Wildman–Crippen LogP) is 4.14. The molecule has 0 heterocycles. The second-order valence-corrected chi connectivity index (χ2v) is 7.74. The van der Waals surface area contributed by atoms with E-state index in [0.717, 1.165) is 19.3 Å². The number of benzene rings is 1. The fourth-order valence-electron chi connectivity index (χ4n) is 1.78. The largest absolute Gasteiger partial charge is 0.245 e. The van der Waals surface area contributed by atoms with Gasteiger partial charge in [-0.15, -0.1) is 11.6 Å². The van der Waals surface area contributed by atoms with E-state index in [1.807, 2.05) is 6.92 Å². The smallest absolute Gasteiger partial charge is 0.207 e. The van der Waals surface area contributed by atoms with Gasteiger partial charge in [-0.2, -0.15) is 0 Å². The molecule has 0 radical (unpaired) electrons. The van der Waals surface area contributed by atoms with Crippen LogP contribution in [0.15, 0.2) is 21.5 Å². The van der Waals surface area contributed by atoms with Gasteiger partial charge in [0.25, 0.3) is 0 Å². The third-order valence-corrected chi connectivity index (χ3v) is 5.59. The number of rotatable bonds is 7. The Morgan fingerprint density at radius 3 is 2.55 bits per heavy atom. The van der Waals surface area contributed by atoms with E-state index in [4.69, 9.17) is 11.6 Å². The number of hydrogen-bond acceptors (Lipinski definition) is 2. The molecule has 0 saturated heterocycles. The summed E-state index contributed by atoms with van der Waals surface area (Å²) in [6.45, 7) is 2.41. The van der Waals surface area contributed by atoms with Crippen molar-refractivity contribution in [2.45, 2.75) is 37.0 Å². The summed E-state index contributed by atoms with van der Waals surface area (Å²) >= 11 is 8.82. The molecule has 0 aliphatic rings. The minimum absolute atomic E-state index is 0.0760. The van der Waals surface area contributed by atoms with Crippen molar-refractivity contribution in [3.05, 3.63) is 28.0 Å². The summed E-state index contributed by atoms with van der Waals surface area (Å²) in [7, 11) is -2.37. The number of nitrogens with zero attached hydrogens (tertiary/aromatic N) is 1. The van der Waals surface area contributed by atoms with Crippen molar-refractivity contribution in [2.24, 2.45) is 0 Å². The van der Waals surface area contributed by atoms with Crippen LogP contribution in [0, 0.1) is 5.82 Å². The highest BCUT2D eigenvalue weighted by atomic mass is 79.9. The summed E-state index contributed by atoms with van der Waals surface area (Å²) in [5, 5.41) is 0. The van der Waals surface area contributed by atoms with Crippen molar-refractivity contribution in [1.82, 2.24) is 4.31 Å². The number of unbranched alkanes of at least 4 members (excludes halogenated alkanes) is 2. The van der Waals surface area contributed by atoms with Crippen LogP contribution in [0.2, 0.25) is 0 Å². The van der Waals surface area contributed by atoms with E-state index >= 15 is 0 Å². The number of sulfonamides is 1. The highest BCUT2D eigenvalue weighted by Gasteiger charge is 2.26. The van der Waals surface area contributed by atoms with Gasteiger partial charge in [0.05, 0.1) is 5.88 Å². The Labute approximate surface area is 133 Å². The van der Waals surface area contributed by atoms with Crippen LogP contribution in [0.3, 0.4) is 0 Å². The molecule has 7 heteroatoms. The van der Waals surface area contributed by atoms with Crippen molar-refractivity contribution >= 4 is 37.6 Å². The minimum Gasteiger partial charge on any atom is -0.207 e. The van der Waals surface area contributed by atoms with Crippen LogP contribution in [0.25, 0.3) is 0 Å². The van der Waals surface area contributed by atoms with Crippen molar-refractivity contribution in [3.63, 3.8) is 0 Å². The van der Waals surface area contributed by atoms with E-state index in [9.17, 15) is 12.8 Å². The van der Waals surface area contributed by atoms with Gasteiger partial charge in [-0.25, -0.2) is 17.1 Å².